The zero-order valence-corrected chi connectivity index (χ0v) is 10.8. The zero-order valence-electron chi connectivity index (χ0n) is 10.1. The van der Waals surface area contributed by atoms with Crippen LogP contribution in [0.4, 0.5) is 0 Å². The molecular weight excluding hydrogens is 244 g/mol. The van der Waals surface area contributed by atoms with Crippen molar-refractivity contribution in [3.05, 3.63) is 77.4 Å². The van der Waals surface area contributed by atoms with Crippen molar-refractivity contribution in [2.45, 2.75) is 6.92 Å². The molecule has 2 rings (SSSR count). The molecule has 0 aliphatic heterocycles. The third kappa shape index (κ3) is 2.88. The Morgan fingerprint density at radius 3 is 2.28 bits per heavy atom. The molecule has 0 amide bonds. The van der Waals surface area contributed by atoms with Crippen LogP contribution in [-0.4, -0.2) is 5.78 Å². The van der Waals surface area contributed by atoms with Gasteiger partial charge in [0, 0.05) is 11.6 Å². The van der Waals surface area contributed by atoms with Crippen LogP contribution in [0.5, 0.6) is 0 Å². The highest BCUT2D eigenvalue weighted by atomic mass is 35.5. The Balaban J connectivity index is 2.29. The normalized spacial score (nSPS) is 11.3. The Hall–Kier alpha value is -1.86. The van der Waals surface area contributed by atoms with Gasteiger partial charge in [-0.3, -0.25) is 4.79 Å². The molecular formula is C16H13ClO. The first-order chi connectivity index (χ1) is 8.68. The molecule has 0 aliphatic carbocycles. The fraction of sp³-hybridized carbons (Fsp3) is 0.0625. The second-order valence-electron chi connectivity index (χ2n) is 4.04. The van der Waals surface area contributed by atoms with Crippen LogP contribution >= 0.6 is 11.6 Å². The van der Waals surface area contributed by atoms with Crippen molar-refractivity contribution in [1.82, 2.24) is 0 Å². The van der Waals surface area contributed by atoms with Gasteiger partial charge in [-0.1, -0.05) is 66.2 Å². The van der Waals surface area contributed by atoms with Gasteiger partial charge in [0.25, 0.3) is 0 Å². The number of benzene rings is 2. The van der Waals surface area contributed by atoms with Gasteiger partial charge < -0.3 is 0 Å². The van der Waals surface area contributed by atoms with Crippen molar-refractivity contribution in [2.24, 2.45) is 0 Å². The molecule has 2 aromatic carbocycles. The molecule has 2 aromatic rings. The number of aryl methyl sites for hydroxylation is 1. The Morgan fingerprint density at radius 1 is 1.00 bits per heavy atom. The molecule has 0 N–H and O–H groups in total. The van der Waals surface area contributed by atoms with Crippen molar-refractivity contribution in [1.29, 1.82) is 0 Å². The van der Waals surface area contributed by atoms with E-state index in [9.17, 15) is 4.79 Å². The van der Waals surface area contributed by atoms with Crippen LogP contribution in [0.1, 0.15) is 21.5 Å². The van der Waals surface area contributed by atoms with Crippen molar-refractivity contribution in [2.75, 3.05) is 0 Å². The van der Waals surface area contributed by atoms with Crippen molar-refractivity contribution >= 4 is 22.4 Å². The number of carbonyl (C=O) groups is 1. The van der Waals surface area contributed by atoms with Crippen LogP contribution in [0, 0.1) is 6.92 Å². The first kappa shape index (κ1) is 12.6. The lowest BCUT2D eigenvalue weighted by Crippen LogP contribution is -1.97. The largest absolute Gasteiger partial charge is 0.289 e. The lowest BCUT2D eigenvalue weighted by Gasteiger charge is -2.02. The Bertz CT molecular complexity index is 585. The quantitative estimate of drug-likeness (QED) is 0.585. The summed E-state index contributed by atoms with van der Waals surface area (Å²) in [6.07, 6.45) is 1.47. The second-order valence-corrected chi connectivity index (χ2v) is 4.44. The van der Waals surface area contributed by atoms with Crippen LogP contribution in [-0.2, 0) is 0 Å². The Morgan fingerprint density at radius 2 is 1.61 bits per heavy atom. The molecule has 0 aromatic heterocycles. The maximum atomic E-state index is 12.1. The van der Waals surface area contributed by atoms with Gasteiger partial charge in [0.15, 0.2) is 5.78 Å². The van der Waals surface area contributed by atoms with Crippen LogP contribution in [0.3, 0.4) is 0 Å². The third-order valence-electron chi connectivity index (χ3n) is 2.72. The molecule has 0 atom stereocenters. The molecule has 18 heavy (non-hydrogen) atoms. The number of carbonyl (C=O) groups excluding carboxylic acids is 1. The van der Waals surface area contributed by atoms with E-state index in [0.717, 1.165) is 11.1 Å². The number of hydrogen-bond acceptors (Lipinski definition) is 1. The van der Waals surface area contributed by atoms with Crippen LogP contribution in [0.25, 0.3) is 5.03 Å². The van der Waals surface area contributed by atoms with E-state index in [1.165, 1.54) is 6.08 Å². The number of allylic oxidation sites excluding steroid dienone is 1. The van der Waals surface area contributed by atoms with Crippen LogP contribution in [0.15, 0.2) is 60.7 Å². The molecule has 0 heterocycles. The average Bonchev–Trinajstić information content (AvgIpc) is 2.40. The predicted molar refractivity (Wildman–Crippen MR) is 75.8 cm³/mol. The highest BCUT2D eigenvalue weighted by Crippen LogP contribution is 2.20. The van der Waals surface area contributed by atoms with Crippen molar-refractivity contribution in [3.63, 3.8) is 0 Å². The molecule has 0 fully saturated rings. The van der Waals surface area contributed by atoms with Gasteiger partial charge >= 0.3 is 0 Å². The summed E-state index contributed by atoms with van der Waals surface area (Å²) in [6, 6.07) is 16.9. The first-order valence-electron chi connectivity index (χ1n) is 5.71. The maximum absolute atomic E-state index is 12.1. The minimum Gasteiger partial charge on any atom is -0.289 e. The predicted octanol–water partition coefficient (Wildman–Crippen LogP) is 4.46. The van der Waals surface area contributed by atoms with Crippen LogP contribution < -0.4 is 0 Å². The molecule has 0 unspecified atom stereocenters. The highest BCUT2D eigenvalue weighted by molar-refractivity contribution is 6.50. The molecule has 0 saturated carbocycles. The molecule has 0 radical (unpaired) electrons. The molecule has 0 spiro atoms. The van der Waals surface area contributed by atoms with E-state index >= 15 is 0 Å². The van der Waals surface area contributed by atoms with Gasteiger partial charge in [0.1, 0.15) is 0 Å². The number of hydrogen-bond donors (Lipinski definition) is 0. The minimum atomic E-state index is -0.0676. The summed E-state index contributed by atoms with van der Waals surface area (Å²) in [5.41, 5.74) is 2.49. The average molecular weight is 257 g/mol. The van der Waals surface area contributed by atoms with E-state index in [2.05, 4.69) is 0 Å². The first-order valence-corrected chi connectivity index (χ1v) is 6.09. The summed E-state index contributed by atoms with van der Waals surface area (Å²) >= 11 is 6.14. The minimum absolute atomic E-state index is 0.0676. The molecule has 1 nitrogen and oxygen atoms in total. The number of ketones is 1. The summed E-state index contributed by atoms with van der Waals surface area (Å²) in [5, 5.41) is 0.462. The fourth-order valence-corrected chi connectivity index (χ4v) is 1.95. The zero-order chi connectivity index (χ0) is 13.0. The van der Waals surface area contributed by atoms with E-state index in [4.69, 9.17) is 11.6 Å². The maximum Gasteiger partial charge on any atom is 0.187 e. The topological polar surface area (TPSA) is 17.1 Å². The number of rotatable bonds is 3. The monoisotopic (exact) mass is 256 g/mol. The second kappa shape index (κ2) is 5.65. The Labute approximate surface area is 112 Å². The van der Waals surface area contributed by atoms with E-state index in [1.807, 2.05) is 61.5 Å². The fourth-order valence-electron chi connectivity index (χ4n) is 1.72. The van der Waals surface area contributed by atoms with E-state index in [-0.39, 0.29) is 5.78 Å². The van der Waals surface area contributed by atoms with E-state index < -0.39 is 0 Å². The van der Waals surface area contributed by atoms with Gasteiger partial charge in [-0.05, 0) is 18.1 Å². The van der Waals surface area contributed by atoms with Crippen molar-refractivity contribution < 1.29 is 4.79 Å². The molecule has 0 aliphatic rings. The standard InChI is InChI=1S/C16H13ClO/c1-12-7-5-6-10-14(12)16(18)11-15(17)13-8-3-2-4-9-13/h2-11H,1H3/b15-11-. The van der Waals surface area contributed by atoms with Gasteiger partial charge in [-0.25, -0.2) is 0 Å². The summed E-state index contributed by atoms with van der Waals surface area (Å²) in [7, 11) is 0. The van der Waals surface area contributed by atoms with Crippen molar-refractivity contribution in [3.8, 4) is 0 Å². The van der Waals surface area contributed by atoms with E-state index in [0.29, 0.717) is 10.6 Å². The summed E-state index contributed by atoms with van der Waals surface area (Å²) in [5.74, 6) is -0.0676. The lowest BCUT2D eigenvalue weighted by molar-refractivity contribution is 0.104. The SMILES string of the molecule is Cc1ccccc1C(=O)/C=C(\Cl)c1ccccc1. The molecule has 90 valence electrons. The number of halogens is 1. The third-order valence-corrected chi connectivity index (χ3v) is 3.05. The smallest absolute Gasteiger partial charge is 0.187 e. The van der Waals surface area contributed by atoms with Gasteiger partial charge in [0.2, 0.25) is 0 Å². The lowest BCUT2D eigenvalue weighted by atomic mass is 10.0. The summed E-state index contributed by atoms with van der Waals surface area (Å²) in [6.45, 7) is 1.91. The summed E-state index contributed by atoms with van der Waals surface area (Å²) in [4.78, 5) is 12.1. The highest BCUT2D eigenvalue weighted by Gasteiger charge is 2.07. The van der Waals surface area contributed by atoms with Crippen LogP contribution in [0.2, 0.25) is 0 Å². The molecule has 0 bridgehead atoms. The molecule has 0 saturated heterocycles. The summed E-state index contributed by atoms with van der Waals surface area (Å²) < 4.78 is 0. The van der Waals surface area contributed by atoms with Gasteiger partial charge in [-0.15, -0.1) is 0 Å². The Kier molecular flexibility index (Phi) is 3.96. The van der Waals surface area contributed by atoms with Gasteiger partial charge in [0.05, 0.1) is 5.03 Å². The van der Waals surface area contributed by atoms with Gasteiger partial charge in [-0.2, -0.15) is 0 Å². The molecule has 2 heteroatoms. The van der Waals surface area contributed by atoms with E-state index in [1.54, 1.807) is 0 Å².